The minimum absolute atomic E-state index is 0.452. The molecule has 1 rings (SSSR count). The Morgan fingerprint density at radius 2 is 1.95 bits per heavy atom. The Kier molecular flexibility index (Phi) is 4.98. The monoisotopic (exact) mass is 347 g/mol. The summed E-state index contributed by atoms with van der Waals surface area (Å²) in [5.41, 5.74) is -0.228. The number of benzene rings is 1. The molecule has 2 N–H and O–H groups in total. The van der Waals surface area contributed by atoms with E-state index in [1.807, 2.05) is 0 Å². The van der Waals surface area contributed by atoms with Crippen molar-refractivity contribution < 1.29 is 14.7 Å². The highest BCUT2D eigenvalue weighted by molar-refractivity contribution is 9.10. The van der Waals surface area contributed by atoms with Crippen molar-refractivity contribution >= 4 is 45.1 Å². The molecule has 0 radical (unpaired) electrons. The lowest BCUT2D eigenvalue weighted by Crippen LogP contribution is -2.39. The number of hydrogen-bond donors (Lipinski definition) is 2. The molecule has 6 heteroatoms. The van der Waals surface area contributed by atoms with Gasteiger partial charge in [0.2, 0.25) is 5.91 Å². The number of hydrogen-bond acceptors (Lipinski definition) is 2. The molecule has 0 aliphatic heterocycles. The molecule has 104 valence electrons. The molecule has 0 aromatic heterocycles. The molecule has 1 aromatic rings. The lowest BCUT2D eigenvalue weighted by atomic mass is 9.80. The average molecular weight is 349 g/mol. The van der Waals surface area contributed by atoms with E-state index in [4.69, 9.17) is 11.6 Å². The molecule has 0 saturated carbocycles. The minimum Gasteiger partial charge on any atom is -0.481 e. The standard InChI is InChI=1S/C13H15BrClNO3/c1-13(2,3)10(12(18)19)11(17)16-9-6-7(15)4-5-8(9)14/h4-6,10H,1-3H3,(H,16,17)(H,18,19). The first-order chi connectivity index (χ1) is 8.62. The zero-order valence-electron chi connectivity index (χ0n) is 10.8. The van der Waals surface area contributed by atoms with E-state index in [9.17, 15) is 14.7 Å². The maximum absolute atomic E-state index is 12.1. The van der Waals surface area contributed by atoms with Gasteiger partial charge in [0.05, 0.1) is 5.69 Å². The summed E-state index contributed by atoms with van der Waals surface area (Å²) in [6.45, 7) is 5.12. The van der Waals surface area contributed by atoms with Gasteiger partial charge in [-0.15, -0.1) is 0 Å². The molecule has 0 heterocycles. The lowest BCUT2D eigenvalue weighted by molar-refractivity contribution is -0.149. The molecular weight excluding hydrogens is 334 g/mol. The number of carbonyl (C=O) groups excluding carboxylic acids is 1. The molecular formula is C13H15BrClNO3. The number of anilines is 1. The van der Waals surface area contributed by atoms with E-state index in [1.165, 1.54) is 0 Å². The van der Waals surface area contributed by atoms with Gasteiger partial charge in [-0.3, -0.25) is 9.59 Å². The van der Waals surface area contributed by atoms with Gasteiger partial charge in [-0.25, -0.2) is 0 Å². The Morgan fingerprint density at radius 3 is 2.42 bits per heavy atom. The fourth-order valence-corrected chi connectivity index (χ4v) is 2.19. The molecule has 0 aliphatic carbocycles. The fraction of sp³-hybridized carbons (Fsp3) is 0.385. The molecule has 0 bridgehead atoms. The summed E-state index contributed by atoms with van der Waals surface area (Å²) in [5, 5.41) is 12.2. The van der Waals surface area contributed by atoms with E-state index in [0.29, 0.717) is 15.2 Å². The molecule has 0 saturated heterocycles. The molecule has 0 aliphatic rings. The van der Waals surface area contributed by atoms with Crippen molar-refractivity contribution in [3.05, 3.63) is 27.7 Å². The minimum atomic E-state index is -1.15. The van der Waals surface area contributed by atoms with Gasteiger partial charge in [0.15, 0.2) is 0 Å². The maximum atomic E-state index is 12.1. The average Bonchev–Trinajstić information content (AvgIpc) is 2.20. The van der Waals surface area contributed by atoms with Crippen LogP contribution in [-0.4, -0.2) is 17.0 Å². The molecule has 1 amide bonds. The second-order valence-corrected chi connectivity index (χ2v) is 6.54. The van der Waals surface area contributed by atoms with E-state index in [2.05, 4.69) is 21.2 Å². The van der Waals surface area contributed by atoms with Crippen LogP contribution in [0.2, 0.25) is 5.02 Å². The predicted octanol–water partition coefficient (Wildman–Crippen LogP) is 3.79. The van der Waals surface area contributed by atoms with Gasteiger partial charge in [-0.2, -0.15) is 0 Å². The first kappa shape index (κ1) is 16.0. The van der Waals surface area contributed by atoms with E-state index in [-0.39, 0.29) is 0 Å². The highest BCUT2D eigenvalue weighted by Gasteiger charge is 2.37. The highest BCUT2D eigenvalue weighted by Crippen LogP contribution is 2.30. The quantitative estimate of drug-likeness (QED) is 0.817. The molecule has 1 aromatic carbocycles. The van der Waals surface area contributed by atoms with Crippen molar-refractivity contribution in [2.75, 3.05) is 5.32 Å². The third kappa shape index (κ3) is 4.21. The first-order valence-electron chi connectivity index (χ1n) is 5.61. The zero-order valence-corrected chi connectivity index (χ0v) is 13.2. The summed E-state index contributed by atoms with van der Waals surface area (Å²) in [6.07, 6.45) is 0. The van der Waals surface area contributed by atoms with Gasteiger partial charge < -0.3 is 10.4 Å². The van der Waals surface area contributed by atoms with E-state index in [1.54, 1.807) is 39.0 Å². The number of carboxylic acid groups (broad SMARTS) is 1. The topological polar surface area (TPSA) is 66.4 Å². The summed E-state index contributed by atoms with van der Waals surface area (Å²) in [5.74, 6) is -2.86. The Balaban J connectivity index is 3.01. The Labute approximate surface area is 125 Å². The van der Waals surface area contributed by atoms with E-state index in [0.717, 1.165) is 0 Å². The van der Waals surface area contributed by atoms with Crippen molar-refractivity contribution in [3.8, 4) is 0 Å². The van der Waals surface area contributed by atoms with Crippen molar-refractivity contribution in [2.45, 2.75) is 20.8 Å². The smallest absolute Gasteiger partial charge is 0.316 e. The predicted molar refractivity (Wildman–Crippen MR) is 78.4 cm³/mol. The number of carbonyl (C=O) groups is 2. The van der Waals surface area contributed by atoms with Crippen LogP contribution in [0.3, 0.4) is 0 Å². The normalized spacial score (nSPS) is 12.9. The molecule has 0 fully saturated rings. The maximum Gasteiger partial charge on any atom is 0.316 e. The number of halogens is 2. The van der Waals surface area contributed by atoms with Crippen molar-refractivity contribution in [1.29, 1.82) is 0 Å². The molecule has 4 nitrogen and oxygen atoms in total. The Morgan fingerprint density at radius 1 is 1.37 bits per heavy atom. The van der Waals surface area contributed by atoms with Crippen LogP contribution in [0.1, 0.15) is 20.8 Å². The number of nitrogens with one attached hydrogen (secondary N) is 1. The summed E-state index contributed by atoms with van der Waals surface area (Å²) >= 11 is 9.12. The van der Waals surface area contributed by atoms with Crippen LogP contribution in [0.5, 0.6) is 0 Å². The third-order valence-electron chi connectivity index (χ3n) is 2.56. The van der Waals surface area contributed by atoms with Gasteiger partial charge in [0.25, 0.3) is 0 Å². The van der Waals surface area contributed by atoms with Gasteiger partial charge >= 0.3 is 5.97 Å². The van der Waals surface area contributed by atoms with Crippen LogP contribution in [0, 0.1) is 11.3 Å². The third-order valence-corrected chi connectivity index (χ3v) is 3.49. The number of carboxylic acids is 1. The molecule has 0 spiro atoms. The van der Waals surface area contributed by atoms with Crippen LogP contribution in [0.15, 0.2) is 22.7 Å². The summed E-state index contributed by atoms with van der Waals surface area (Å²) < 4.78 is 0.642. The fourth-order valence-electron chi connectivity index (χ4n) is 1.67. The highest BCUT2D eigenvalue weighted by atomic mass is 79.9. The largest absolute Gasteiger partial charge is 0.481 e. The van der Waals surface area contributed by atoms with Crippen LogP contribution in [-0.2, 0) is 9.59 Å². The van der Waals surface area contributed by atoms with Crippen LogP contribution in [0.25, 0.3) is 0 Å². The van der Waals surface area contributed by atoms with Gasteiger partial charge in [-0.05, 0) is 39.5 Å². The zero-order chi connectivity index (χ0) is 14.8. The van der Waals surface area contributed by atoms with Crippen LogP contribution in [0.4, 0.5) is 5.69 Å². The second-order valence-electron chi connectivity index (χ2n) is 5.25. The molecule has 1 atom stereocenters. The van der Waals surface area contributed by atoms with E-state index < -0.39 is 23.2 Å². The molecule has 19 heavy (non-hydrogen) atoms. The van der Waals surface area contributed by atoms with Crippen LogP contribution < -0.4 is 5.32 Å². The Hall–Kier alpha value is -1.07. The second kappa shape index (κ2) is 5.92. The SMILES string of the molecule is CC(C)(C)C(C(=O)O)C(=O)Nc1cc(Cl)ccc1Br. The van der Waals surface area contributed by atoms with Gasteiger partial charge in [0, 0.05) is 9.50 Å². The van der Waals surface area contributed by atoms with Gasteiger partial charge in [-0.1, -0.05) is 32.4 Å². The summed E-state index contributed by atoms with van der Waals surface area (Å²) in [7, 11) is 0. The van der Waals surface area contributed by atoms with Crippen LogP contribution >= 0.6 is 27.5 Å². The van der Waals surface area contributed by atoms with Gasteiger partial charge in [0.1, 0.15) is 5.92 Å². The van der Waals surface area contributed by atoms with Crippen molar-refractivity contribution in [1.82, 2.24) is 0 Å². The number of aliphatic carboxylic acids is 1. The Bertz CT molecular complexity index is 511. The first-order valence-corrected chi connectivity index (χ1v) is 6.78. The van der Waals surface area contributed by atoms with E-state index >= 15 is 0 Å². The summed E-state index contributed by atoms with van der Waals surface area (Å²) in [4.78, 5) is 23.3. The number of rotatable bonds is 3. The van der Waals surface area contributed by atoms with Crippen molar-refractivity contribution in [2.24, 2.45) is 11.3 Å². The van der Waals surface area contributed by atoms with Crippen molar-refractivity contribution in [3.63, 3.8) is 0 Å². The summed E-state index contributed by atoms with van der Waals surface area (Å²) in [6, 6.07) is 4.91. The lowest BCUT2D eigenvalue weighted by Gasteiger charge is -2.26. The number of amides is 1. The molecule has 1 unspecified atom stereocenters.